The van der Waals surface area contributed by atoms with E-state index < -0.39 is 23.6 Å². The largest absolute Gasteiger partial charge is 0.388 e. The van der Waals surface area contributed by atoms with E-state index in [1.165, 1.54) is 18.2 Å². The average molecular weight is 287 g/mol. The fraction of sp³-hybridized carbons (Fsp3) is 0.143. The number of rotatable bonds is 3. The maximum atomic E-state index is 13.5. The molecule has 0 amide bonds. The van der Waals surface area contributed by atoms with E-state index in [1.54, 1.807) is 0 Å². The summed E-state index contributed by atoms with van der Waals surface area (Å²) in [5.41, 5.74) is 0.0875. The molecule has 1 N–H and O–H groups in total. The van der Waals surface area contributed by atoms with E-state index in [9.17, 15) is 18.3 Å². The van der Waals surface area contributed by atoms with E-state index >= 15 is 0 Å². The zero-order chi connectivity index (χ0) is 14.0. The molecule has 5 heteroatoms. The Bertz CT molecular complexity index is 601. The molecule has 0 radical (unpaired) electrons. The Hall–Kier alpha value is -1.52. The number of aliphatic hydroxyl groups is 1. The van der Waals surface area contributed by atoms with Crippen LogP contribution in [0.3, 0.4) is 0 Å². The predicted octanol–water partition coefficient (Wildman–Crippen LogP) is 4.03. The first kappa shape index (κ1) is 13.9. The summed E-state index contributed by atoms with van der Waals surface area (Å²) < 4.78 is 39.7. The summed E-state index contributed by atoms with van der Waals surface area (Å²) in [6, 6.07) is 6.76. The monoisotopic (exact) mass is 286 g/mol. The number of aliphatic hydroxyl groups excluding tert-OH is 1. The van der Waals surface area contributed by atoms with Gasteiger partial charge in [0.05, 0.1) is 6.10 Å². The van der Waals surface area contributed by atoms with Gasteiger partial charge in [-0.1, -0.05) is 17.7 Å². The van der Waals surface area contributed by atoms with Crippen molar-refractivity contribution in [2.75, 3.05) is 0 Å². The molecule has 100 valence electrons. The van der Waals surface area contributed by atoms with Crippen LogP contribution in [0.2, 0.25) is 5.02 Å². The van der Waals surface area contributed by atoms with Gasteiger partial charge < -0.3 is 5.11 Å². The molecule has 2 rings (SSSR count). The number of hydrogen-bond acceptors (Lipinski definition) is 1. The summed E-state index contributed by atoms with van der Waals surface area (Å²) in [5.74, 6) is -2.14. The van der Waals surface area contributed by atoms with E-state index in [4.69, 9.17) is 11.6 Å². The molecule has 19 heavy (non-hydrogen) atoms. The van der Waals surface area contributed by atoms with Gasteiger partial charge in [0.15, 0.2) is 0 Å². The Morgan fingerprint density at radius 3 is 2.42 bits per heavy atom. The first-order valence-electron chi connectivity index (χ1n) is 5.54. The number of hydrogen-bond donors (Lipinski definition) is 1. The molecule has 0 aromatic heterocycles. The Morgan fingerprint density at radius 1 is 1.00 bits per heavy atom. The van der Waals surface area contributed by atoms with Gasteiger partial charge in [-0.05, 0) is 29.8 Å². The highest BCUT2D eigenvalue weighted by Crippen LogP contribution is 2.24. The second-order valence-electron chi connectivity index (χ2n) is 4.12. The lowest BCUT2D eigenvalue weighted by Crippen LogP contribution is -2.06. The first-order chi connectivity index (χ1) is 8.97. The van der Waals surface area contributed by atoms with E-state index in [1.807, 2.05) is 0 Å². The third-order valence-electron chi connectivity index (χ3n) is 2.74. The molecule has 0 bridgehead atoms. The third-order valence-corrected chi connectivity index (χ3v) is 2.98. The van der Waals surface area contributed by atoms with Crippen molar-refractivity contribution in [1.82, 2.24) is 0 Å². The topological polar surface area (TPSA) is 20.2 Å². The van der Waals surface area contributed by atoms with E-state index in [-0.39, 0.29) is 17.5 Å². The molecule has 0 heterocycles. The van der Waals surface area contributed by atoms with Crippen molar-refractivity contribution in [2.45, 2.75) is 12.5 Å². The highest BCUT2D eigenvalue weighted by molar-refractivity contribution is 6.30. The van der Waals surface area contributed by atoms with Crippen molar-refractivity contribution < 1.29 is 18.3 Å². The molecule has 0 aliphatic rings. The molecule has 1 nitrogen and oxygen atoms in total. The normalized spacial score (nSPS) is 12.5. The maximum Gasteiger partial charge on any atom is 0.131 e. The molecular formula is C14H10ClF3O. The van der Waals surface area contributed by atoms with Crippen LogP contribution in [0.5, 0.6) is 0 Å². The average Bonchev–Trinajstić information content (AvgIpc) is 2.33. The first-order valence-corrected chi connectivity index (χ1v) is 5.92. The summed E-state index contributed by atoms with van der Waals surface area (Å²) in [7, 11) is 0. The maximum absolute atomic E-state index is 13.5. The lowest BCUT2D eigenvalue weighted by atomic mass is 10.0. The van der Waals surface area contributed by atoms with Gasteiger partial charge in [0.2, 0.25) is 0 Å². The van der Waals surface area contributed by atoms with Gasteiger partial charge in [0, 0.05) is 23.1 Å². The molecular weight excluding hydrogens is 277 g/mol. The van der Waals surface area contributed by atoms with Crippen LogP contribution in [0.25, 0.3) is 0 Å². The standard InChI is InChI=1S/C14H10ClF3O/c15-9-1-4-12(17)8(5-9)6-14(19)11-3-2-10(16)7-13(11)18/h1-5,7,14,19H,6H2. The van der Waals surface area contributed by atoms with Crippen LogP contribution in [-0.2, 0) is 6.42 Å². The minimum absolute atomic E-state index is 0.0826. The lowest BCUT2D eigenvalue weighted by molar-refractivity contribution is 0.172. The predicted molar refractivity (Wildman–Crippen MR) is 66.4 cm³/mol. The molecule has 0 saturated heterocycles. The molecule has 2 aromatic carbocycles. The van der Waals surface area contributed by atoms with Gasteiger partial charge in [0.25, 0.3) is 0 Å². The van der Waals surface area contributed by atoms with Crippen LogP contribution in [-0.4, -0.2) is 5.11 Å². The van der Waals surface area contributed by atoms with E-state index in [2.05, 4.69) is 0 Å². The van der Waals surface area contributed by atoms with Crippen molar-refractivity contribution >= 4 is 11.6 Å². The Morgan fingerprint density at radius 2 is 1.74 bits per heavy atom. The van der Waals surface area contributed by atoms with Crippen LogP contribution in [0.1, 0.15) is 17.2 Å². The van der Waals surface area contributed by atoms with Gasteiger partial charge in [-0.2, -0.15) is 0 Å². The molecule has 2 aromatic rings. The fourth-order valence-corrected chi connectivity index (χ4v) is 1.98. The van der Waals surface area contributed by atoms with Crippen LogP contribution in [0.4, 0.5) is 13.2 Å². The van der Waals surface area contributed by atoms with Gasteiger partial charge in [0.1, 0.15) is 17.5 Å². The number of benzene rings is 2. The molecule has 1 unspecified atom stereocenters. The minimum atomic E-state index is -1.27. The second-order valence-corrected chi connectivity index (χ2v) is 4.56. The van der Waals surface area contributed by atoms with Crippen LogP contribution < -0.4 is 0 Å². The van der Waals surface area contributed by atoms with Crippen molar-refractivity contribution in [2.24, 2.45) is 0 Å². The summed E-state index contributed by atoms with van der Waals surface area (Å²) in [4.78, 5) is 0. The smallest absolute Gasteiger partial charge is 0.131 e. The highest BCUT2D eigenvalue weighted by atomic mass is 35.5. The molecule has 1 atom stereocenters. The van der Waals surface area contributed by atoms with Crippen molar-refractivity contribution in [3.63, 3.8) is 0 Å². The highest BCUT2D eigenvalue weighted by Gasteiger charge is 2.16. The molecule has 0 fully saturated rings. The number of halogens is 4. The molecule has 0 aliphatic heterocycles. The lowest BCUT2D eigenvalue weighted by Gasteiger charge is -2.13. The zero-order valence-electron chi connectivity index (χ0n) is 9.71. The quantitative estimate of drug-likeness (QED) is 0.903. The summed E-state index contributed by atoms with van der Waals surface area (Å²) in [6.45, 7) is 0. The fourth-order valence-electron chi connectivity index (χ4n) is 1.79. The molecule has 0 spiro atoms. The molecule has 0 aliphatic carbocycles. The minimum Gasteiger partial charge on any atom is -0.388 e. The van der Waals surface area contributed by atoms with Crippen molar-refractivity contribution in [1.29, 1.82) is 0 Å². The van der Waals surface area contributed by atoms with E-state index in [0.717, 1.165) is 12.1 Å². The Balaban J connectivity index is 2.25. The second kappa shape index (κ2) is 5.63. The van der Waals surface area contributed by atoms with Gasteiger partial charge in [-0.3, -0.25) is 0 Å². The van der Waals surface area contributed by atoms with Crippen LogP contribution in [0, 0.1) is 17.5 Å². The SMILES string of the molecule is OC(Cc1cc(Cl)ccc1F)c1ccc(F)cc1F. The van der Waals surface area contributed by atoms with Crippen LogP contribution >= 0.6 is 11.6 Å². The third kappa shape index (κ3) is 3.28. The van der Waals surface area contributed by atoms with Gasteiger partial charge in [-0.25, -0.2) is 13.2 Å². The zero-order valence-corrected chi connectivity index (χ0v) is 10.5. The Kier molecular flexibility index (Phi) is 4.12. The summed E-state index contributed by atoms with van der Waals surface area (Å²) in [5, 5.41) is 10.2. The summed E-state index contributed by atoms with van der Waals surface area (Å²) >= 11 is 5.73. The Labute approximate surface area is 113 Å². The van der Waals surface area contributed by atoms with Gasteiger partial charge in [-0.15, -0.1) is 0 Å². The van der Waals surface area contributed by atoms with Crippen LogP contribution in [0.15, 0.2) is 36.4 Å². The summed E-state index contributed by atoms with van der Waals surface area (Å²) in [6.07, 6.45) is -1.41. The van der Waals surface area contributed by atoms with Crippen molar-refractivity contribution in [3.8, 4) is 0 Å². The van der Waals surface area contributed by atoms with Crippen molar-refractivity contribution in [3.05, 3.63) is 70.0 Å². The van der Waals surface area contributed by atoms with Gasteiger partial charge >= 0.3 is 0 Å². The molecule has 0 saturated carbocycles. The van der Waals surface area contributed by atoms with E-state index in [0.29, 0.717) is 11.1 Å².